The van der Waals surface area contributed by atoms with Crippen LogP contribution in [-0.4, -0.2) is 77.2 Å². The molecule has 0 aromatic carbocycles. The summed E-state index contributed by atoms with van der Waals surface area (Å²) in [5, 5.41) is 18.3. The fourth-order valence-corrected chi connectivity index (χ4v) is 4.44. The summed E-state index contributed by atoms with van der Waals surface area (Å²) in [5.41, 5.74) is 2.00. The number of aromatic nitrogens is 7. The van der Waals surface area contributed by atoms with Gasteiger partial charge in [0, 0.05) is 32.5 Å². The lowest BCUT2D eigenvalue weighted by molar-refractivity contribution is -0.128. The van der Waals surface area contributed by atoms with Crippen LogP contribution in [0.15, 0.2) is 36.9 Å². The Bertz CT molecular complexity index is 1440. The third kappa shape index (κ3) is 5.63. The first-order valence-corrected chi connectivity index (χ1v) is 12.1. The molecule has 0 bridgehead atoms. The van der Waals surface area contributed by atoms with Crippen molar-refractivity contribution in [2.24, 2.45) is 0 Å². The van der Waals surface area contributed by atoms with Crippen LogP contribution in [0.5, 0.6) is 0 Å². The third-order valence-electron chi connectivity index (χ3n) is 5.77. The number of ether oxygens (including phenoxy) is 1. The Labute approximate surface area is 220 Å². The first kappa shape index (κ1) is 24.9. The zero-order valence-corrected chi connectivity index (χ0v) is 21.1. The van der Waals surface area contributed by atoms with Crippen LogP contribution in [0.3, 0.4) is 0 Å². The molecule has 15 heteroatoms. The molecular weight excluding hydrogens is 523 g/mol. The zero-order chi connectivity index (χ0) is 25.9. The highest BCUT2D eigenvalue weighted by Crippen LogP contribution is 2.23. The number of likely N-dealkylation sites (tertiary alicyclic amines) is 1. The summed E-state index contributed by atoms with van der Waals surface area (Å²) in [6.45, 7) is 3.15. The van der Waals surface area contributed by atoms with Gasteiger partial charge in [0.25, 0.3) is 0 Å². The number of rotatable bonds is 7. The first-order valence-electron chi connectivity index (χ1n) is 11.4. The predicted octanol–water partition coefficient (Wildman–Crippen LogP) is 2.84. The molecule has 4 aromatic heterocycles. The van der Waals surface area contributed by atoms with E-state index < -0.39 is 6.03 Å². The number of carbonyl (C=O) groups excluding carboxylic acids is 2. The lowest BCUT2D eigenvalue weighted by atomic mass is 10.2. The number of urea groups is 1. The molecule has 0 spiro atoms. The van der Waals surface area contributed by atoms with Crippen molar-refractivity contribution in [2.45, 2.75) is 25.9 Å². The van der Waals surface area contributed by atoms with Gasteiger partial charge in [-0.3, -0.25) is 4.79 Å². The molecule has 5 heterocycles. The summed E-state index contributed by atoms with van der Waals surface area (Å²) in [6, 6.07) is 2.64. The predicted molar refractivity (Wildman–Crippen MR) is 135 cm³/mol. The molecule has 1 saturated heterocycles. The van der Waals surface area contributed by atoms with Crippen LogP contribution in [0.1, 0.15) is 19.0 Å². The topological polar surface area (TPSA) is 144 Å². The van der Waals surface area contributed by atoms with Crippen molar-refractivity contribution in [3.63, 3.8) is 0 Å². The van der Waals surface area contributed by atoms with Gasteiger partial charge in [-0.1, -0.05) is 23.2 Å². The summed E-state index contributed by atoms with van der Waals surface area (Å²) in [6.07, 6.45) is 7.14. The number of hydrogen-bond acceptors (Lipinski definition) is 8. The van der Waals surface area contributed by atoms with Crippen LogP contribution >= 0.6 is 23.2 Å². The summed E-state index contributed by atoms with van der Waals surface area (Å²) < 4.78 is 7.57. The SMILES string of the molecule is CC(=O)N1CCC(OCCc2c(NC(=O)Nc3cnc(-n4nccn4)c(Cl)c3)cnc3cc(Cl)nn23)C1. The van der Waals surface area contributed by atoms with Crippen molar-refractivity contribution < 1.29 is 14.3 Å². The van der Waals surface area contributed by atoms with Crippen molar-refractivity contribution in [1.82, 2.24) is 39.5 Å². The third-order valence-corrected chi connectivity index (χ3v) is 6.23. The normalized spacial score (nSPS) is 15.3. The summed E-state index contributed by atoms with van der Waals surface area (Å²) in [5.74, 6) is 0.369. The fraction of sp³-hybridized carbons (Fsp3) is 0.318. The second-order valence-electron chi connectivity index (χ2n) is 8.28. The smallest absolute Gasteiger partial charge is 0.323 e. The summed E-state index contributed by atoms with van der Waals surface area (Å²) >= 11 is 12.4. The molecule has 13 nitrogen and oxygen atoms in total. The monoisotopic (exact) mass is 544 g/mol. The Balaban J connectivity index is 1.28. The number of amides is 3. The van der Waals surface area contributed by atoms with Crippen LogP contribution in [0, 0.1) is 0 Å². The number of fused-ring (bicyclic) bond motifs is 1. The number of anilines is 2. The quantitative estimate of drug-likeness (QED) is 0.361. The van der Waals surface area contributed by atoms with E-state index in [1.807, 2.05) is 0 Å². The van der Waals surface area contributed by atoms with Crippen LogP contribution in [-0.2, 0) is 16.0 Å². The second-order valence-corrected chi connectivity index (χ2v) is 9.07. The van der Waals surface area contributed by atoms with Crippen LogP contribution < -0.4 is 10.6 Å². The van der Waals surface area contributed by atoms with Gasteiger partial charge in [0.1, 0.15) is 0 Å². The van der Waals surface area contributed by atoms with E-state index in [4.69, 9.17) is 27.9 Å². The molecule has 0 saturated carbocycles. The largest absolute Gasteiger partial charge is 0.376 e. The van der Waals surface area contributed by atoms with Crippen molar-refractivity contribution in [2.75, 3.05) is 30.3 Å². The minimum Gasteiger partial charge on any atom is -0.376 e. The molecule has 0 radical (unpaired) electrons. The molecule has 1 aliphatic rings. The molecule has 1 fully saturated rings. The number of pyridine rings is 1. The number of nitrogens with zero attached hydrogens (tertiary/aromatic N) is 8. The van der Waals surface area contributed by atoms with Gasteiger partial charge in [0.2, 0.25) is 5.91 Å². The van der Waals surface area contributed by atoms with Crippen LogP contribution in [0.25, 0.3) is 11.5 Å². The minimum absolute atomic E-state index is 0.0369. The van der Waals surface area contributed by atoms with Crippen LogP contribution in [0.4, 0.5) is 16.2 Å². The lowest BCUT2D eigenvalue weighted by Gasteiger charge is -2.16. The zero-order valence-electron chi connectivity index (χ0n) is 19.6. The van der Waals surface area contributed by atoms with Gasteiger partial charge in [-0.15, -0.1) is 4.80 Å². The van der Waals surface area contributed by atoms with Crippen molar-refractivity contribution in [3.05, 3.63) is 52.8 Å². The molecule has 5 rings (SSSR count). The Kier molecular flexibility index (Phi) is 7.17. The standard InChI is InChI=1S/C22H22Cl2N10O3/c1-13(35)32-6-2-15(12-32)37-7-3-18-17(11-25-20-9-19(24)31-33(18)20)30-22(36)29-14-8-16(23)21(26-10-14)34-27-4-5-28-34/h4-5,8-11,15H,2-3,6-7,12H2,1H3,(H2,29,30,36). The van der Waals surface area contributed by atoms with Crippen LogP contribution in [0.2, 0.25) is 10.2 Å². The molecule has 1 unspecified atom stereocenters. The van der Waals surface area contributed by atoms with Gasteiger partial charge >= 0.3 is 6.03 Å². The Hall–Kier alpha value is -3.81. The number of halogens is 2. The average molecular weight is 545 g/mol. The van der Waals surface area contributed by atoms with E-state index in [0.717, 1.165) is 6.42 Å². The average Bonchev–Trinajstić information content (AvgIpc) is 3.61. The van der Waals surface area contributed by atoms with Gasteiger partial charge in [-0.25, -0.2) is 19.3 Å². The number of carbonyl (C=O) groups is 2. The highest BCUT2D eigenvalue weighted by molar-refractivity contribution is 6.32. The summed E-state index contributed by atoms with van der Waals surface area (Å²) in [7, 11) is 0. The fourth-order valence-electron chi connectivity index (χ4n) is 4.03. The molecule has 2 N–H and O–H groups in total. The van der Waals surface area contributed by atoms with Gasteiger partial charge in [0.05, 0.1) is 59.6 Å². The molecule has 192 valence electrons. The van der Waals surface area contributed by atoms with Gasteiger partial charge in [-0.2, -0.15) is 15.3 Å². The Morgan fingerprint density at radius 3 is 2.68 bits per heavy atom. The summed E-state index contributed by atoms with van der Waals surface area (Å²) in [4.78, 5) is 36.0. The van der Waals surface area contributed by atoms with Crippen molar-refractivity contribution in [1.29, 1.82) is 0 Å². The maximum absolute atomic E-state index is 12.8. The molecular formula is C22H22Cl2N10O3. The van der Waals surface area contributed by atoms with E-state index in [1.165, 1.54) is 29.6 Å². The second kappa shape index (κ2) is 10.7. The molecule has 3 amide bonds. The highest BCUT2D eigenvalue weighted by atomic mass is 35.5. The first-order chi connectivity index (χ1) is 17.9. The van der Waals surface area contributed by atoms with Crippen molar-refractivity contribution in [3.8, 4) is 5.82 Å². The number of hydrogen-bond donors (Lipinski definition) is 2. The maximum atomic E-state index is 12.8. The Morgan fingerprint density at radius 1 is 1.14 bits per heavy atom. The van der Waals surface area contributed by atoms with E-state index in [-0.39, 0.29) is 22.2 Å². The van der Waals surface area contributed by atoms with E-state index in [9.17, 15) is 9.59 Å². The van der Waals surface area contributed by atoms with E-state index in [0.29, 0.717) is 54.7 Å². The highest BCUT2D eigenvalue weighted by Gasteiger charge is 2.25. The number of nitrogens with one attached hydrogen (secondary N) is 2. The van der Waals surface area contributed by atoms with Gasteiger partial charge in [-0.05, 0) is 12.5 Å². The van der Waals surface area contributed by atoms with E-state index >= 15 is 0 Å². The van der Waals surface area contributed by atoms with Crippen molar-refractivity contribution >= 4 is 52.2 Å². The molecule has 1 aliphatic heterocycles. The molecule has 1 atom stereocenters. The van der Waals surface area contributed by atoms with Gasteiger partial charge < -0.3 is 20.3 Å². The molecule has 4 aromatic rings. The molecule has 0 aliphatic carbocycles. The van der Waals surface area contributed by atoms with Gasteiger partial charge in [0.15, 0.2) is 16.6 Å². The Morgan fingerprint density at radius 2 is 1.95 bits per heavy atom. The molecule has 37 heavy (non-hydrogen) atoms. The lowest BCUT2D eigenvalue weighted by Crippen LogP contribution is -2.28. The minimum atomic E-state index is -0.530. The van der Waals surface area contributed by atoms with E-state index in [2.05, 4.69) is 35.9 Å². The van der Waals surface area contributed by atoms with E-state index in [1.54, 1.807) is 28.5 Å². The maximum Gasteiger partial charge on any atom is 0.323 e.